The summed E-state index contributed by atoms with van der Waals surface area (Å²) in [5.41, 5.74) is 0.907. The van der Waals surface area contributed by atoms with Gasteiger partial charge in [-0.1, -0.05) is 12.8 Å². The van der Waals surface area contributed by atoms with Crippen molar-refractivity contribution in [2.75, 3.05) is 6.61 Å². The Bertz CT molecular complexity index is 603. The summed E-state index contributed by atoms with van der Waals surface area (Å²) in [7, 11) is 0. The van der Waals surface area contributed by atoms with Gasteiger partial charge in [-0.3, -0.25) is 9.67 Å². The van der Waals surface area contributed by atoms with E-state index in [1.54, 1.807) is 18.6 Å². The Labute approximate surface area is 134 Å². The predicted octanol–water partition coefficient (Wildman–Crippen LogP) is 3.90. The van der Waals surface area contributed by atoms with Crippen molar-refractivity contribution < 1.29 is 13.5 Å². The molecule has 0 amide bonds. The highest BCUT2D eigenvalue weighted by atomic mass is 19.3. The van der Waals surface area contributed by atoms with Crippen molar-refractivity contribution in [1.82, 2.24) is 14.8 Å². The molecule has 3 rings (SSSR count). The maximum atomic E-state index is 12.7. The molecule has 1 aliphatic rings. The second kappa shape index (κ2) is 7.53. The molecule has 1 saturated carbocycles. The summed E-state index contributed by atoms with van der Waals surface area (Å²) >= 11 is 0. The minimum Gasteiger partial charge on any atom is -0.492 e. The summed E-state index contributed by atoms with van der Waals surface area (Å²) in [4.78, 5) is 4.04. The molecule has 124 valence electrons. The van der Waals surface area contributed by atoms with Crippen LogP contribution in [-0.4, -0.2) is 27.8 Å². The van der Waals surface area contributed by atoms with Gasteiger partial charge in [0.15, 0.2) is 0 Å². The van der Waals surface area contributed by atoms with Crippen LogP contribution < -0.4 is 4.74 Å². The molecule has 2 aromatic rings. The highest BCUT2D eigenvalue weighted by Gasteiger charge is 2.30. The lowest BCUT2D eigenvalue weighted by Crippen LogP contribution is -2.26. The number of nitrogens with zero attached hydrogens (tertiary/aromatic N) is 3. The number of hydrogen-bond acceptors (Lipinski definition) is 3. The molecule has 2 heterocycles. The molecule has 0 spiro atoms. The highest BCUT2D eigenvalue weighted by molar-refractivity contribution is 5.16. The van der Waals surface area contributed by atoms with Gasteiger partial charge in [0.2, 0.25) is 0 Å². The van der Waals surface area contributed by atoms with Gasteiger partial charge in [0.1, 0.15) is 12.3 Å². The van der Waals surface area contributed by atoms with Crippen molar-refractivity contribution in [2.24, 2.45) is 5.92 Å². The fourth-order valence-electron chi connectivity index (χ4n) is 3.37. The van der Waals surface area contributed by atoms with E-state index < -0.39 is 6.43 Å². The summed E-state index contributed by atoms with van der Waals surface area (Å²) in [6.07, 6.45) is 6.95. The molecular weight excluding hydrogens is 300 g/mol. The molecule has 1 fully saturated rings. The van der Waals surface area contributed by atoms with Gasteiger partial charge in [-0.05, 0) is 31.0 Å². The second-order valence-electron chi connectivity index (χ2n) is 5.98. The van der Waals surface area contributed by atoms with E-state index in [1.807, 2.05) is 18.2 Å². The normalized spacial score (nSPS) is 21.5. The molecule has 0 aliphatic heterocycles. The van der Waals surface area contributed by atoms with E-state index >= 15 is 0 Å². The summed E-state index contributed by atoms with van der Waals surface area (Å²) in [6, 6.07) is 5.59. The Kier molecular flexibility index (Phi) is 5.20. The minimum atomic E-state index is -2.39. The molecule has 2 aromatic heterocycles. The maximum absolute atomic E-state index is 12.7. The summed E-state index contributed by atoms with van der Waals surface area (Å²) in [5.74, 6) is 1.29. The van der Waals surface area contributed by atoms with Crippen molar-refractivity contribution in [3.8, 4) is 5.75 Å². The first kappa shape index (κ1) is 15.9. The van der Waals surface area contributed by atoms with E-state index in [2.05, 4.69) is 10.1 Å². The van der Waals surface area contributed by atoms with Crippen LogP contribution in [0.5, 0.6) is 5.75 Å². The van der Waals surface area contributed by atoms with Gasteiger partial charge in [0.05, 0.1) is 12.8 Å². The van der Waals surface area contributed by atoms with Gasteiger partial charge in [-0.25, -0.2) is 8.78 Å². The van der Waals surface area contributed by atoms with Gasteiger partial charge in [0, 0.05) is 29.9 Å². The Hall–Kier alpha value is -1.98. The zero-order chi connectivity index (χ0) is 16.1. The Morgan fingerprint density at radius 1 is 1.22 bits per heavy atom. The van der Waals surface area contributed by atoms with E-state index in [0.29, 0.717) is 12.5 Å². The van der Waals surface area contributed by atoms with Crippen LogP contribution in [0.2, 0.25) is 0 Å². The zero-order valence-electron chi connectivity index (χ0n) is 12.9. The van der Waals surface area contributed by atoms with Gasteiger partial charge < -0.3 is 4.74 Å². The standard InChI is InChI=1S/C17H21F2N3O/c18-17(19)11-22-16(7-9-21-22)15-6-2-1-4-13(15)12-23-14-5-3-8-20-10-14/h3,5,7-10,13,15,17H,1-2,4,6,11-12H2. The molecule has 0 N–H and O–H groups in total. The molecular formula is C17H21F2N3O. The SMILES string of the molecule is FC(F)Cn1nccc1C1CCCCC1COc1cccnc1. The third kappa shape index (κ3) is 4.06. The number of pyridine rings is 1. The topological polar surface area (TPSA) is 39.9 Å². The zero-order valence-corrected chi connectivity index (χ0v) is 12.9. The average molecular weight is 321 g/mol. The molecule has 0 aromatic carbocycles. The Morgan fingerprint density at radius 3 is 2.87 bits per heavy atom. The van der Waals surface area contributed by atoms with Crippen LogP contribution in [0, 0.1) is 5.92 Å². The summed E-state index contributed by atoms with van der Waals surface area (Å²) in [6.45, 7) is 0.241. The molecule has 0 saturated heterocycles. The third-order valence-electron chi connectivity index (χ3n) is 4.45. The molecule has 6 heteroatoms. The molecule has 1 aliphatic carbocycles. The molecule has 0 radical (unpaired) electrons. The maximum Gasteiger partial charge on any atom is 0.257 e. The predicted molar refractivity (Wildman–Crippen MR) is 82.7 cm³/mol. The quantitative estimate of drug-likeness (QED) is 0.810. The highest BCUT2D eigenvalue weighted by Crippen LogP contribution is 2.38. The monoisotopic (exact) mass is 321 g/mol. The minimum absolute atomic E-state index is 0.224. The molecule has 2 atom stereocenters. The van der Waals surface area contributed by atoms with E-state index in [0.717, 1.165) is 37.1 Å². The fraction of sp³-hybridized carbons (Fsp3) is 0.529. The van der Waals surface area contributed by atoms with Crippen molar-refractivity contribution in [3.05, 3.63) is 42.5 Å². The van der Waals surface area contributed by atoms with Crippen LogP contribution in [0.25, 0.3) is 0 Å². The van der Waals surface area contributed by atoms with E-state index in [9.17, 15) is 8.78 Å². The number of hydrogen-bond donors (Lipinski definition) is 0. The lowest BCUT2D eigenvalue weighted by molar-refractivity contribution is 0.117. The first-order valence-corrected chi connectivity index (χ1v) is 8.06. The lowest BCUT2D eigenvalue weighted by Gasteiger charge is -2.31. The van der Waals surface area contributed by atoms with Crippen LogP contribution >= 0.6 is 0 Å². The van der Waals surface area contributed by atoms with E-state index in [4.69, 9.17) is 4.74 Å². The molecule has 23 heavy (non-hydrogen) atoms. The Balaban J connectivity index is 1.70. The van der Waals surface area contributed by atoms with Crippen LogP contribution in [0.4, 0.5) is 8.78 Å². The van der Waals surface area contributed by atoms with Gasteiger partial charge in [0.25, 0.3) is 6.43 Å². The lowest BCUT2D eigenvalue weighted by atomic mass is 9.78. The molecule has 2 unspecified atom stereocenters. The molecule has 4 nitrogen and oxygen atoms in total. The number of halogens is 2. The first-order valence-electron chi connectivity index (χ1n) is 8.06. The second-order valence-corrected chi connectivity index (χ2v) is 5.98. The van der Waals surface area contributed by atoms with Crippen molar-refractivity contribution >= 4 is 0 Å². The first-order chi connectivity index (χ1) is 11.2. The van der Waals surface area contributed by atoms with Crippen LogP contribution in [0.1, 0.15) is 37.3 Å². The van der Waals surface area contributed by atoms with Crippen molar-refractivity contribution in [2.45, 2.75) is 44.6 Å². The van der Waals surface area contributed by atoms with Crippen LogP contribution in [0.15, 0.2) is 36.8 Å². The van der Waals surface area contributed by atoms with Crippen molar-refractivity contribution in [1.29, 1.82) is 0 Å². The summed E-state index contributed by atoms with van der Waals surface area (Å²) in [5, 5.41) is 4.07. The third-order valence-corrected chi connectivity index (χ3v) is 4.45. The van der Waals surface area contributed by atoms with Gasteiger partial charge in [-0.2, -0.15) is 5.10 Å². The largest absolute Gasteiger partial charge is 0.492 e. The smallest absolute Gasteiger partial charge is 0.257 e. The number of aromatic nitrogens is 3. The van der Waals surface area contributed by atoms with Crippen LogP contribution in [0.3, 0.4) is 0 Å². The number of ether oxygens (including phenoxy) is 1. The number of alkyl halides is 2. The van der Waals surface area contributed by atoms with E-state index in [1.165, 1.54) is 4.68 Å². The van der Waals surface area contributed by atoms with Gasteiger partial charge >= 0.3 is 0 Å². The average Bonchev–Trinajstić information content (AvgIpc) is 3.01. The van der Waals surface area contributed by atoms with Crippen molar-refractivity contribution in [3.63, 3.8) is 0 Å². The number of rotatable bonds is 6. The van der Waals surface area contributed by atoms with Crippen LogP contribution in [-0.2, 0) is 6.54 Å². The van der Waals surface area contributed by atoms with E-state index in [-0.39, 0.29) is 12.5 Å². The fourth-order valence-corrected chi connectivity index (χ4v) is 3.37. The molecule has 0 bridgehead atoms. The Morgan fingerprint density at radius 2 is 2.09 bits per heavy atom. The van der Waals surface area contributed by atoms with Gasteiger partial charge in [-0.15, -0.1) is 0 Å². The summed E-state index contributed by atoms with van der Waals surface area (Å²) < 4.78 is 32.7.